The summed E-state index contributed by atoms with van der Waals surface area (Å²) in [6.45, 7) is 2.69. The van der Waals surface area contributed by atoms with Gasteiger partial charge in [-0.1, -0.05) is 18.3 Å². The molecular weight excluding hydrogens is 286 g/mol. The van der Waals surface area contributed by atoms with E-state index in [1.807, 2.05) is 12.1 Å². The molecule has 2 rings (SSSR count). The molecule has 1 amide bonds. The topological polar surface area (TPSA) is 72.4 Å². The predicted octanol–water partition coefficient (Wildman–Crippen LogP) is 2.30. The molecule has 0 aliphatic heterocycles. The van der Waals surface area contributed by atoms with E-state index in [-0.39, 0.29) is 5.91 Å². The molecule has 2 aromatic rings. The van der Waals surface area contributed by atoms with Crippen molar-refractivity contribution in [1.82, 2.24) is 9.88 Å². The monoisotopic (exact) mass is 303 g/mol. The van der Waals surface area contributed by atoms with E-state index in [0.717, 1.165) is 5.56 Å². The van der Waals surface area contributed by atoms with Crippen molar-refractivity contribution in [1.29, 1.82) is 0 Å². The highest BCUT2D eigenvalue weighted by molar-refractivity contribution is 7.80. The SMILES string of the molecule is Cc1ccc(C(=O)N(CCC(N)=S)Cc2cccnc2)o1. The molecule has 0 bridgehead atoms. The summed E-state index contributed by atoms with van der Waals surface area (Å²) in [5.74, 6) is 0.844. The first kappa shape index (κ1) is 15.2. The minimum Gasteiger partial charge on any atom is -0.456 e. The lowest BCUT2D eigenvalue weighted by molar-refractivity contribution is 0.0714. The molecule has 0 saturated carbocycles. The predicted molar refractivity (Wildman–Crippen MR) is 83.8 cm³/mol. The van der Waals surface area contributed by atoms with Crippen molar-refractivity contribution >= 4 is 23.1 Å². The molecule has 0 radical (unpaired) electrons. The first-order chi connectivity index (χ1) is 10.1. The molecule has 5 nitrogen and oxygen atoms in total. The summed E-state index contributed by atoms with van der Waals surface area (Å²) < 4.78 is 5.40. The van der Waals surface area contributed by atoms with Crippen LogP contribution in [0, 0.1) is 6.92 Å². The average molecular weight is 303 g/mol. The van der Waals surface area contributed by atoms with E-state index in [0.29, 0.717) is 36.0 Å². The standard InChI is InChI=1S/C15H17N3O2S/c1-11-4-5-13(20-11)15(19)18(8-6-14(16)21)10-12-3-2-7-17-9-12/h2-5,7,9H,6,8,10H2,1H3,(H2,16,21). The number of aryl methyl sites for hydroxylation is 1. The minimum atomic E-state index is -0.178. The largest absolute Gasteiger partial charge is 0.456 e. The first-order valence-electron chi connectivity index (χ1n) is 6.59. The molecule has 21 heavy (non-hydrogen) atoms. The number of thiocarbonyl (C=S) groups is 1. The second-order valence-corrected chi connectivity index (χ2v) is 5.24. The average Bonchev–Trinajstić information content (AvgIpc) is 2.90. The number of carbonyl (C=O) groups is 1. The minimum absolute atomic E-state index is 0.178. The Morgan fingerprint density at radius 1 is 1.43 bits per heavy atom. The van der Waals surface area contributed by atoms with Gasteiger partial charge in [-0.15, -0.1) is 0 Å². The fourth-order valence-electron chi connectivity index (χ4n) is 1.91. The van der Waals surface area contributed by atoms with Crippen molar-refractivity contribution in [2.24, 2.45) is 5.73 Å². The highest BCUT2D eigenvalue weighted by atomic mass is 32.1. The Labute approximate surface area is 128 Å². The fraction of sp³-hybridized carbons (Fsp3) is 0.267. The third-order valence-electron chi connectivity index (χ3n) is 2.96. The molecule has 0 unspecified atom stereocenters. The van der Waals surface area contributed by atoms with E-state index in [9.17, 15) is 4.79 Å². The van der Waals surface area contributed by atoms with Gasteiger partial charge in [0, 0.05) is 31.9 Å². The maximum absolute atomic E-state index is 12.5. The summed E-state index contributed by atoms with van der Waals surface area (Å²) in [5.41, 5.74) is 6.48. The summed E-state index contributed by atoms with van der Waals surface area (Å²) in [6, 6.07) is 7.20. The van der Waals surface area contributed by atoms with E-state index in [1.165, 1.54) is 0 Å². The molecule has 0 saturated heterocycles. The van der Waals surface area contributed by atoms with Gasteiger partial charge in [0.2, 0.25) is 0 Å². The molecule has 0 aliphatic rings. The quantitative estimate of drug-likeness (QED) is 0.829. The van der Waals surface area contributed by atoms with Gasteiger partial charge in [-0.3, -0.25) is 9.78 Å². The second-order valence-electron chi connectivity index (χ2n) is 4.71. The lowest BCUT2D eigenvalue weighted by Crippen LogP contribution is -2.33. The Hall–Kier alpha value is -2.21. The summed E-state index contributed by atoms with van der Waals surface area (Å²) in [5, 5.41) is 0. The smallest absolute Gasteiger partial charge is 0.289 e. The number of carbonyl (C=O) groups excluding carboxylic acids is 1. The number of rotatable bonds is 6. The van der Waals surface area contributed by atoms with E-state index in [4.69, 9.17) is 22.4 Å². The van der Waals surface area contributed by atoms with Crippen molar-refractivity contribution < 1.29 is 9.21 Å². The molecule has 0 aliphatic carbocycles. The van der Waals surface area contributed by atoms with Gasteiger partial charge in [-0.2, -0.15) is 0 Å². The van der Waals surface area contributed by atoms with E-state index >= 15 is 0 Å². The third-order valence-corrected chi connectivity index (χ3v) is 3.17. The first-order valence-corrected chi connectivity index (χ1v) is 7.00. The second kappa shape index (κ2) is 6.99. The van der Waals surface area contributed by atoms with Gasteiger partial charge in [0.15, 0.2) is 5.76 Å². The number of nitrogens with two attached hydrogens (primary N) is 1. The van der Waals surface area contributed by atoms with Crippen molar-refractivity contribution in [2.45, 2.75) is 19.9 Å². The van der Waals surface area contributed by atoms with Crippen LogP contribution in [0.3, 0.4) is 0 Å². The maximum Gasteiger partial charge on any atom is 0.289 e. The van der Waals surface area contributed by atoms with Crippen LogP contribution >= 0.6 is 12.2 Å². The Morgan fingerprint density at radius 2 is 2.24 bits per heavy atom. The molecule has 0 aromatic carbocycles. The molecule has 2 heterocycles. The van der Waals surface area contributed by atoms with Gasteiger partial charge in [0.1, 0.15) is 5.76 Å². The summed E-state index contributed by atoms with van der Waals surface area (Å²) in [7, 11) is 0. The molecular formula is C15H17N3O2S. The molecule has 0 atom stereocenters. The van der Waals surface area contributed by atoms with Crippen molar-refractivity contribution in [2.75, 3.05) is 6.54 Å². The number of pyridine rings is 1. The number of nitrogens with zero attached hydrogens (tertiary/aromatic N) is 2. The van der Waals surface area contributed by atoms with Gasteiger partial charge in [0.25, 0.3) is 5.91 Å². The van der Waals surface area contributed by atoms with Gasteiger partial charge < -0.3 is 15.1 Å². The van der Waals surface area contributed by atoms with Crippen LogP contribution in [0.5, 0.6) is 0 Å². The van der Waals surface area contributed by atoms with Gasteiger partial charge in [-0.05, 0) is 30.7 Å². The highest BCUT2D eigenvalue weighted by Gasteiger charge is 2.19. The molecule has 2 N–H and O–H groups in total. The van der Waals surface area contributed by atoms with Crippen LogP contribution in [0.25, 0.3) is 0 Å². The molecule has 0 fully saturated rings. The molecule has 0 spiro atoms. The third kappa shape index (κ3) is 4.39. The zero-order valence-electron chi connectivity index (χ0n) is 11.8. The van der Waals surface area contributed by atoms with Crippen LogP contribution in [-0.4, -0.2) is 27.3 Å². The Morgan fingerprint density at radius 3 is 2.81 bits per heavy atom. The van der Waals surface area contributed by atoms with Crippen LogP contribution < -0.4 is 5.73 Å². The summed E-state index contributed by atoms with van der Waals surface area (Å²) in [4.78, 5) is 18.6. The van der Waals surface area contributed by atoms with Crippen molar-refractivity contribution in [3.63, 3.8) is 0 Å². The van der Waals surface area contributed by atoms with Crippen LogP contribution in [-0.2, 0) is 6.54 Å². The number of hydrogen-bond donors (Lipinski definition) is 1. The van der Waals surface area contributed by atoms with E-state index < -0.39 is 0 Å². The van der Waals surface area contributed by atoms with Crippen LogP contribution in [0.4, 0.5) is 0 Å². The maximum atomic E-state index is 12.5. The van der Waals surface area contributed by atoms with Gasteiger partial charge in [0.05, 0.1) is 4.99 Å². The Bertz CT molecular complexity index is 625. The highest BCUT2D eigenvalue weighted by Crippen LogP contribution is 2.13. The van der Waals surface area contributed by atoms with E-state index in [2.05, 4.69) is 4.98 Å². The lowest BCUT2D eigenvalue weighted by Gasteiger charge is -2.21. The number of furan rings is 1. The van der Waals surface area contributed by atoms with Crippen LogP contribution in [0.1, 0.15) is 28.3 Å². The fourth-order valence-corrected chi connectivity index (χ4v) is 2.01. The lowest BCUT2D eigenvalue weighted by atomic mass is 10.2. The van der Waals surface area contributed by atoms with E-state index in [1.54, 1.807) is 36.4 Å². The van der Waals surface area contributed by atoms with Gasteiger partial charge in [-0.25, -0.2) is 0 Å². The van der Waals surface area contributed by atoms with Gasteiger partial charge >= 0.3 is 0 Å². The zero-order valence-corrected chi connectivity index (χ0v) is 12.6. The van der Waals surface area contributed by atoms with Crippen molar-refractivity contribution in [3.05, 3.63) is 53.7 Å². The van der Waals surface area contributed by atoms with Crippen LogP contribution in [0.15, 0.2) is 41.1 Å². The molecule has 2 aromatic heterocycles. The Balaban J connectivity index is 2.14. The molecule has 110 valence electrons. The normalized spacial score (nSPS) is 10.3. The summed E-state index contributed by atoms with van der Waals surface area (Å²) in [6.07, 6.45) is 3.90. The Kier molecular flexibility index (Phi) is 5.05. The number of amides is 1. The number of hydrogen-bond acceptors (Lipinski definition) is 4. The summed E-state index contributed by atoms with van der Waals surface area (Å²) >= 11 is 4.89. The zero-order chi connectivity index (χ0) is 15.2. The number of aromatic nitrogens is 1. The molecule has 6 heteroatoms. The van der Waals surface area contributed by atoms with Crippen LogP contribution in [0.2, 0.25) is 0 Å². The van der Waals surface area contributed by atoms with Crippen molar-refractivity contribution in [3.8, 4) is 0 Å².